The molecule has 0 bridgehead atoms. The molecule has 5 aromatic rings. The Morgan fingerprint density at radius 3 is 2.40 bits per heavy atom. The highest BCUT2D eigenvalue weighted by atomic mass is 35.5. The van der Waals surface area contributed by atoms with E-state index in [1.54, 1.807) is 0 Å². The van der Waals surface area contributed by atoms with E-state index in [1.165, 1.54) is 12.1 Å². The maximum absolute atomic E-state index is 14.0. The lowest BCUT2D eigenvalue weighted by Crippen LogP contribution is -2.25. The zero-order chi connectivity index (χ0) is 36.3. The van der Waals surface area contributed by atoms with E-state index in [-0.39, 0.29) is 18.0 Å². The number of halogens is 2. The molecule has 12 heteroatoms. The molecule has 50 heavy (non-hydrogen) atoms. The number of carbonyl (C=O) groups excluding carboxylic acids is 1. The van der Waals surface area contributed by atoms with E-state index in [0.717, 1.165) is 67.3 Å². The van der Waals surface area contributed by atoms with Crippen LogP contribution in [0.15, 0.2) is 36.4 Å². The lowest BCUT2D eigenvalue weighted by atomic mass is 9.98. The van der Waals surface area contributed by atoms with Crippen LogP contribution in [0.1, 0.15) is 81.3 Å². The van der Waals surface area contributed by atoms with Gasteiger partial charge in [0.05, 0.1) is 40.6 Å². The number of aromatic amines is 1. The van der Waals surface area contributed by atoms with Gasteiger partial charge in [0.2, 0.25) is 0 Å². The molecule has 10 nitrogen and oxygen atoms in total. The first-order valence-corrected chi connectivity index (χ1v) is 17.5. The lowest BCUT2D eigenvalue weighted by Gasteiger charge is -2.12. The number of amides is 1. The summed E-state index contributed by atoms with van der Waals surface area (Å²) in [5.74, 6) is 0.259. The summed E-state index contributed by atoms with van der Waals surface area (Å²) >= 11 is 13.2. The van der Waals surface area contributed by atoms with Crippen LogP contribution in [0.25, 0.3) is 22.0 Å². The van der Waals surface area contributed by atoms with Crippen LogP contribution in [0.5, 0.6) is 5.75 Å². The number of aromatic nitrogens is 4. The number of aromatic carboxylic acids is 1. The van der Waals surface area contributed by atoms with Gasteiger partial charge in [0, 0.05) is 40.8 Å². The van der Waals surface area contributed by atoms with E-state index in [1.807, 2.05) is 63.7 Å². The van der Waals surface area contributed by atoms with Crippen LogP contribution < -0.4 is 15.4 Å². The first-order valence-electron chi connectivity index (χ1n) is 16.7. The predicted molar refractivity (Wildman–Crippen MR) is 200 cm³/mol. The monoisotopic (exact) mass is 718 g/mol. The minimum atomic E-state index is -1.07. The number of anilines is 1. The number of carboxylic acids is 1. The number of rotatable bonds is 14. The molecule has 1 amide bonds. The Kier molecular flexibility index (Phi) is 11.4. The Labute approximate surface area is 302 Å². The molecule has 0 atom stereocenters. The molecular weight excluding hydrogens is 675 g/mol. The number of fused-ring (bicyclic) bond motifs is 1. The molecule has 264 valence electrons. The molecule has 5 rings (SSSR count). The topological polar surface area (TPSA) is 134 Å². The SMILES string of the molecule is Cc1cc(OCCCc2c(C(=O)NCc3cc(C(=O)O)cc(NCCC(C)C)n3)[nH]c3c(-c4c(C)nn(C)c4C)c(Cl)ccc23)cc(C)c1Cl. The van der Waals surface area contributed by atoms with Gasteiger partial charge in [0.25, 0.3) is 5.91 Å². The largest absolute Gasteiger partial charge is 0.494 e. The molecule has 4 N–H and O–H groups in total. The molecule has 0 unspecified atom stereocenters. The first kappa shape index (κ1) is 36.7. The molecule has 0 spiro atoms. The maximum atomic E-state index is 14.0. The second kappa shape index (κ2) is 15.6. The van der Waals surface area contributed by atoms with Crippen LogP contribution in [0.3, 0.4) is 0 Å². The van der Waals surface area contributed by atoms with Crippen molar-refractivity contribution in [3.8, 4) is 16.9 Å². The van der Waals surface area contributed by atoms with Gasteiger partial charge >= 0.3 is 5.97 Å². The predicted octanol–water partition coefficient (Wildman–Crippen LogP) is 8.60. The van der Waals surface area contributed by atoms with E-state index in [0.29, 0.717) is 54.1 Å². The van der Waals surface area contributed by atoms with Crippen LogP contribution in [0, 0.1) is 33.6 Å². The van der Waals surface area contributed by atoms with Crippen molar-refractivity contribution in [1.29, 1.82) is 0 Å². The Hall–Kier alpha value is -4.54. The number of nitrogens with zero attached hydrogens (tertiary/aromatic N) is 3. The Morgan fingerprint density at radius 1 is 1.04 bits per heavy atom. The van der Waals surface area contributed by atoms with Crippen molar-refractivity contribution < 1.29 is 19.4 Å². The van der Waals surface area contributed by atoms with Crippen molar-refractivity contribution in [1.82, 2.24) is 25.1 Å². The van der Waals surface area contributed by atoms with Gasteiger partial charge < -0.3 is 25.5 Å². The number of hydrogen-bond donors (Lipinski definition) is 4. The van der Waals surface area contributed by atoms with Gasteiger partial charge in [0.1, 0.15) is 17.3 Å². The smallest absolute Gasteiger partial charge is 0.335 e. The van der Waals surface area contributed by atoms with Gasteiger partial charge in [-0.3, -0.25) is 9.48 Å². The van der Waals surface area contributed by atoms with E-state index >= 15 is 0 Å². The van der Waals surface area contributed by atoms with Crippen LogP contribution >= 0.6 is 23.2 Å². The highest BCUT2D eigenvalue weighted by molar-refractivity contribution is 6.35. The van der Waals surface area contributed by atoms with Gasteiger partial charge in [-0.15, -0.1) is 0 Å². The molecule has 3 heterocycles. The van der Waals surface area contributed by atoms with E-state index in [9.17, 15) is 14.7 Å². The molecule has 0 aliphatic carbocycles. The summed E-state index contributed by atoms with van der Waals surface area (Å²) < 4.78 is 7.92. The zero-order valence-electron chi connectivity index (χ0n) is 29.6. The minimum Gasteiger partial charge on any atom is -0.494 e. The fourth-order valence-electron chi connectivity index (χ4n) is 6.20. The normalized spacial score (nSPS) is 11.4. The number of ether oxygens (including phenoxy) is 1. The third kappa shape index (κ3) is 8.08. The van der Waals surface area contributed by atoms with Crippen LogP contribution in [0.4, 0.5) is 5.82 Å². The van der Waals surface area contributed by atoms with E-state index in [2.05, 4.69) is 39.5 Å². The standard InChI is InChI=1S/C38H44Cl2N6O4/c1-20(2)12-13-41-31-18-25(38(48)49)17-26(43-31)19-42-37(47)36-28(9-8-14-50-27-15-21(3)34(40)22(4)16-27)29-10-11-30(39)33(35(29)44-36)32-23(5)45-46(7)24(32)6/h10-11,15-18,20,44H,8-9,12-14,19H2,1-7H3,(H,41,43)(H,42,47)(H,48,49). The minimum absolute atomic E-state index is 0.0282. The summed E-state index contributed by atoms with van der Waals surface area (Å²) in [4.78, 5) is 33.9. The average molecular weight is 720 g/mol. The summed E-state index contributed by atoms with van der Waals surface area (Å²) in [6.45, 7) is 13.2. The number of hydrogen-bond acceptors (Lipinski definition) is 6. The summed E-state index contributed by atoms with van der Waals surface area (Å²) in [5, 5.41) is 22.7. The van der Waals surface area contributed by atoms with Crippen molar-refractivity contribution in [3.05, 3.63) is 91.5 Å². The van der Waals surface area contributed by atoms with Crippen LogP contribution in [-0.2, 0) is 20.0 Å². The molecule has 3 aromatic heterocycles. The molecule has 0 radical (unpaired) electrons. The fourth-order valence-corrected chi connectivity index (χ4v) is 6.56. The summed E-state index contributed by atoms with van der Waals surface area (Å²) in [6.07, 6.45) is 2.07. The number of benzene rings is 2. The van der Waals surface area contributed by atoms with Gasteiger partial charge in [-0.2, -0.15) is 5.10 Å². The van der Waals surface area contributed by atoms with Crippen molar-refractivity contribution >= 4 is 51.8 Å². The summed E-state index contributed by atoms with van der Waals surface area (Å²) in [5.41, 5.74) is 7.84. The van der Waals surface area contributed by atoms with Crippen molar-refractivity contribution in [2.75, 3.05) is 18.5 Å². The molecule has 0 fully saturated rings. The maximum Gasteiger partial charge on any atom is 0.335 e. The molecule has 0 saturated heterocycles. The molecule has 0 aliphatic rings. The second-order valence-corrected chi connectivity index (χ2v) is 13.9. The van der Waals surface area contributed by atoms with Crippen LogP contribution in [0.2, 0.25) is 10.0 Å². The number of carbonyl (C=O) groups is 2. The first-order chi connectivity index (χ1) is 23.7. The molecule has 0 saturated carbocycles. The van der Waals surface area contributed by atoms with Gasteiger partial charge in [0.15, 0.2) is 0 Å². The average Bonchev–Trinajstić information content (AvgIpc) is 3.55. The van der Waals surface area contributed by atoms with E-state index in [4.69, 9.17) is 27.9 Å². The molecular formula is C38H44Cl2N6O4. The number of H-pyrrole nitrogens is 1. The summed E-state index contributed by atoms with van der Waals surface area (Å²) in [7, 11) is 1.89. The molecule has 0 aliphatic heterocycles. The number of nitrogens with one attached hydrogen (secondary N) is 3. The zero-order valence-corrected chi connectivity index (χ0v) is 31.1. The lowest BCUT2D eigenvalue weighted by molar-refractivity contribution is 0.0696. The number of aryl methyl sites for hydroxylation is 5. The van der Waals surface area contributed by atoms with Gasteiger partial charge in [-0.05, 0) is 99.9 Å². The van der Waals surface area contributed by atoms with Crippen molar-refractivity contribution in [2.24, 2.45) is 13.0 Å². The Bertz CT molecular complexity index is 2040. The second-order valence-electron chi connectivity index (χ2n) is 13.1. The number of carboxylic acid groups (broad SMARTS) is 1. The van der Waals surface area contributed by atoms with Gasteiger partial charge in [-0.25, -0.2) is 9.78 Å². The Balaban J connectivity index is 1.46. The van der Waals surface area contributed by atoms with E-state index < -0.39 is 5.97 Å². The molecule has 2 aromatic carbocycles. The Morgan fingerprint density at radius 2 is 1.76 bits per heavy atom. The quantitative estimate of drug-likeness (QED) is 0.0845. The van der Waals surface area contributed by atoms with Crippen molar-refractivity contribution in [3.63, 3.8) is 0 Å². The van der Waals surface area contributed by atoms with Gasteiger partial charge in [-0.1, -0.05) is 43.1 Å². The third-order valence-corrected chi connectivity index (χ3v) is 9.76. The highest BCUT2D eigenvalue weighted by Gasteiger charge is 2.24. The summed E-state index contributed by atoms with van der Waals surface area (Å²) in [6, 6.07) is 10.6. The fraction of sp³-hybridized carbons (Fsp3) is 0.368. The number of pyridine rings is 1. The van der Waals surface area contributed by atoms with Crippen molar-refractivity contribution in [2.45, 2.75) is 67.3 Å². The van der Waals surface area contributed by atoms with Crippen LogP contribution in [-0.4, -0.2) is 49.9 Å². The third-order valence-electron chi connectivity index (χ3n) is 8.85. The highest BCUT2D eigenvalue weighted by Crippen LogP contribution is 2.40.